The van der Waals surface area contributed by atoms with Crippen molar-refractivity contribution in [3.05, 3.63) is 90.5 Å². The van der Waals surface area contributed by atoms with Crippen molar-refractivity contribution in [1.29, 1.82) is 0 Å². The van der Waals surface area contributed by atoms with Crippen molar-refractivity contribution in [2.75, 3.05) is 24.5 Å². The lowest BCUT2D eigenvalue weighted by atomic mass is 9.97. The molecule has 3 aromatic rings. The Kier molecular flexibility index (Phi) is 7.25. The maximum atomic E-state index is 13.8. The third-order valence-corrected chi connectivity index (χ3v) is 8.64. The molecule has 3 aromatic carbocycles. The lowest BCUT2D eigenvalue weighted by Gasteiger charge is -2.38. The monoisotopic (exact) mass is 519 g/mol. The van der Waals surface area contributed by atoms with Crippen LogP contribution in [-0.2, 0) is 26.2 Å². The number of fused-ring (bicyclic) bond motifs is 1. The van der Waals surface area contributed by atoms with Crippen LogP contribution in [0.25, 0.3) is 0 Å². The Morgan fingerprint density at radius 2 is 1.57 bits per heavy atom. The van der Waals surface area contributed by atoms with Gasteiger partial charge in [-0.25, -0.2) is 8.42 Å². The largest absolute Gasteiger partial charge is 0.477 e. The number of carbonyl (C=O) groups is 2. The molecule has 0 radical (unpaired) electrons. The summed E-state index contributed by atoms with van der Waals surface area (Å²) in [5.41, 5.74) is 1.55. The van der Waals surface area contributed by atoms with Gasteiger partial charge in [-0.3, -0.25) is 9.59 Å². The molecule has 0 unspecified atom stereocenters. The minimum atomic E-state index is -3.70. The summed E-state index contributed by atoms with van der Waals surface area (Å²) < 4.78 is 33.7. The Balaban J connectivity index is 1.33. The molecule has 192 valence electrons. The second kappa shape index (κ2) is 10.7. The Bertz CT molecular complexity index is 1360. The van der Waals surface area contributed by atoms with Crippen LogP contribution in [-0.4, -0.2) is 50.3 Å². The molecule has 0 saturated carbocycles. The maximum absolute atomic E-state index is 13.8. The van der Waals surface area contributed by atoms with Gasteiger partial charge in [0.25, 0.3) is 5.91 Å². The number of nitrogens with one attached hydrogen (secondary N) is 1. The molecular weight excluding hydrogens is 490 g/mol. The molecule has 2 aliphatic rings. The van der Waals surface area contributed by atoms with Crippen molar-refractivity contribution in [2.45, 2.75) is 30.4 Å². The number of amides is 2. The summed E-state index contributed by atoms with van der Waals surface area (Å²) in [4.78, 5) is 28.6. The SMILES string of the molecule is O=C(NCc1ccccc1)[C@H]1CN(C(=O)[C@@H]2CCCN(S(=O)(=O)c3ccccc3)C2)c2ccccc2O1. The van der Waals surface area contributed by atoms with Crippen molar-refractivity contribution in [1.82, 2.24) is 9.62 Å². The van der Waals surface area contributed by atoms with Gasteiger partial charge in [0.15, 0.2) is 6.10 Å². The number of anilines is 1. The Morgan fingerprint density at radius 1 is 0.892 bits per heavy atom. The van der Waals surface area contributed by atoms with Crippen LogP contribution in [0.1, 0.15) is 18.4 Å². The summed E-state index contributed by atoms with van der Waals surface area (Å²) in [6.07, 6.45) is 0.273. The van der Waals surface area contributed by atoms with E-state index in [1.165, 1.54) is 4.31 Å². The lowest BCUT2D eigenvalue weighted by Crippen LogP contribution is -2.53. The highest BCUT2D eigenvalue weighted by Gasteiger charge is 2.39. The zero-order valence-electron chi connectivity index (χ0n) is 20.3. The number of para-hydroxylation sites is 2. The standard InChI is InChI=1S/C28H29N3O5S/c32-27(29-18-21-10-3-1-4-11-21)26-20-31(24-15-7-8-16-25(24)36-26)28(33)22-12-9-17-30(19-22)37(34,35)23-13-5-2-6-14-23/h1-8,10-11,13-16,22,26H,9,12,17-20H2,(H,29,32)/t22-,26-/m1/s1. The number of sulfonamides is 1. The first-order valence-corrected chi connectivity index (χ1v) is 13.8. The van der Waals surface area contributed by atoms with Gasteiger partial charge in [0, 0.05) is 19.6 Å². The Hall–Kier alpha value is -3.69. The zero-order chi connectivity index (χ0) is 25.8. The fraction of sp³-hybridized carbons (Fsp3) is 0.286. The molecule has 37 heavy (non-hydrogen) atoms. The fourth-order valence-corrected chi connectivity index (χ4v) is 6.35. The third kappa shape index (κ3) is 5.38. The molecule has 0 aliphatic carbocycles. The van der Waals surface area contributed by atoms with E-state index in [9.17, 15) is 18.0 Å². The number of benzene rings is 3. The van der Waals surface area contributed by atoms with Crippen LogP contribution in [0.3, 0.4) is 0 Å². The van der Waals surface area contributed by atoms with E-state index in [0.717, 1.165) is 5.56 Å². The molecule has 0 aromatic heterocycles. The average molecular weight is 520 g/mol. The van der Waals surface area contributed by atoms with Gasteiger partial charge < -0.3 is 15.0 Å². The molecule has 9 heteroatoms. The van der Waals surface area contributed by atoms with Crippen molar-refractivity contribution in [3.63, 3.8) is 0 Å². The minimum absolute atomic E-state index is 0.0540. The maximum Gasteiger partial charge on any atom is 0.263 e. The highest BCUT2D eigenvalue weighted by Crippen LogP contribution is 2.35. The predicted octanol–water partition coefficient (Wildman–Crippen LogP) is 3.20. The summed E-state index contributed by atoms with van der Waals surface area (Å²) in [5.74, 6) is -0.587. The summed E-state index contributed by atoms with van der Waals surface area (Å²) in [7, 11) is -3.70. The quantitative estimate of drug-likeness (QED) is 0.540. The molecule has 2 atom stereocenters. The van der Waals surface area contributed by atoms with Gasteiger partial charge >= 0.3 is 0 Å². The van der Waals surface area contributed by atoms with E-state index in [4.69, 9.17) is 4.74 Å². The highest BCUT2D eigenvalue weighted by molar-refractivity contribution is 7.89. The molecule has 0 spiro atoms. The number of ether oxygens (including phenoxy) is 1. The number of hydrogen-bond donors (Lipinski definition) is 1. The van der Waals surface area contributed by atoms with Crippen molar-refractivity contribution in [3.8, 4) is 5.75 Å². The lowest BCUT2D eigenvalue weighted by molar-refractivity contribution is -0.129. The molecule has 1 fully saturated rings. The van der Waals surface area contributed by atoms with Gasteiger partial charge in [0.2, 0.25) is 15.9 Å². The number of hydrogen-bond acceptors (Lipinski definition) is 5. The molecule has 2 heterocycles. The van der Waals surface area contributed by atoms with Crippen molar-refractivity contribution in [2.24, 2.45) is 5.92 Å². The van der Waals surface area contributed by atoms with Gasteiger partial charge in [-0.2, -0.15) is 4.31 Å². The molecule has 2 aliphatic heterocycles. The van der Waals surface area contributed by atoms with Crippen LogP contribution in [0.15, 0.2) is 89.8 Å². The highest BCUT2D eigenvalue weighted by atomic mass is 32.2. The first-order chi connectivity index (χ1) is 17.9. The first kappa shape index (κ1) is 25.0. The van der Waals surface area contributed by atoms with Gasteiger partial charge in [0.05, 0.1) is 23.0 Å². The van der Waals surface area contributed by atoms with Gasteiger partial charge in [0.1, 0.15) is 5.75 Å². The fourth-order valence-electron chi connectivity index (χ4n) is 4.80. The second-order valence-corrected chi connectivity index (χ2v) is 11.2. The Morgan fingerprint density at radius 3 is 2.32 bits per heavy atom. The average Bonchev–Trinajstić information content (AvgIpc) is 2.96. The molecule has 8 nitrogen and oxygen atoms in total. The van der Waals surface area contributed by atoms with Crippen LogP contribution in [0.4, 0.5) is 5.69 Å². The molecule has 1 N–H and O–H groups in total. The number of rotatable bonds is 6. The van der Waals surface area contributed by atoms with E-state index < -0.39 is 22.0 Å². The van der Waals surface area contributed by atoms with E-state index in [2.05, 4.69) is 5.32 Å². The minimum Gasteiger partial charge on any atom is -0.477 e. The number of nitrogens with zero attached hydrogens (tertiary/aromatic N) is 2. The van der Waals surface area contributed by atoms with E-state index in [-0.39, 0.29) is 29.8 Å². The normalized spacial score (nSPS) is 19.9. The molecule has 1 saturated heterocycles. The molecule has 2 amide bonds. The van der Waals surface area contributed by atoms with Crippen molar-refractivity contribution < 1.29 is 22.7 Å². The number of piperidine rings is 1. The summed E-state index contributed by atoms with van der Waals surface area (Å²) >= 11 is 0. The van der Waals surface area contributed by atoms with Gasteiger partial charge in [-0.05, 0) is 42.7 Å². The summed E-state index contributed by atoms with van der Waals surface area (Å²) in [6, 6.07) is 25.0. The third-order valence-electron chi connectivity index (χ3n) is 6.76. The smallest absolute Gasteiger partial charge is 0.263 e. The second-order valence-electron chi connectivity index (χ2n) is 9.24. The van der Waals surface area contributed by atoms with Crippen molar-refractivity contribution >= 4 is 27.5 Å². The topological polar surface area (TPSA) is 96.0 Å². The molecule has 0 bridgehead atoms. The predicted molar refractivity (Wildman–Crippen MR) is 139 cm³/mol. The molecular formula is C28H29N3O5S. The van der Waals surface area contributed by atoms with Crippen LogP contribution < -0.4 is 15.0 Å². The van der Waals surface area contributed by atoms with Gasteiger partial charge in [-0.1, -0.05) is 60.7 Å². The summed E-state index contributed by atoms with van der Waals surface area (Å²) in [5, 5.41) is 2.89. The van der Waals surface area contributed by atoms with Gasteiger partial charge in [-0.15, -0.1) is 0 Å². The number of carbonyl (C=O) groups excluding carboxylic acids is 2. The van der Waals surface area contributed by atoms with E-state index in [0.29, 0.717) is 37.4 Å². The van der Waals surface area contributed by atoms with Crippen LogP contribution in [0, 0.1) is 5.92 Å². The van der Waals surface area contributed by atoms with Crippen LogP contribution in [0.5, 0.6) is 5.75 Å². The summed E-state index contributed by atoms with van der Waals surface area (Å²) in [6.45, 7) is 0.869. The van der Waals surface area contributed by atoms with Crippen LogP contribution in [0.2, 0.25) is 0 Å². The zero-order valence-corrected chi connectivity index (χ0v) is 21.1. The van der Waals surface area contributed by atoms with E-state index >= 15 is 0 Å². The van der Waals surface area contributed by atoms with E-state index in [1.807, 2.05) is 36.4 Å². The first-order valence-electron chi connectivity index (χ1n) is 12.4. The van der Waals surface area contributed by atoms with E-state index in [1.54, 1.807) is 53.4 Å². The van der Waals surface area contributed by atoms with Crippen LogP contribution >= 0.6 is 0 Å². The molecule has 5 rings (SSSR count). The Labute approximate surface area is 216 Å².